The summed E-state index contributed by atoms with van der Waals surface area (Å²) >= 11 is 2.97. The predicted octanol–water partition coefficient (Wildman–Crippen LogP) is 1.24. The summed E-state index contributed by atoms with van der Waals surface area (Å²) in [6.07, 6.45) is 0. The summed E-state index contributed by atoms with van der Waals surface area (Å²) in [6.45, 7) is 0. The molecule has 7 heteroatoms. The number of ether oxygens (including phenoxy) is 1. The van der Waals surface area contributed by atoms with E-state index < -0.39 is 15.8 Å². The fraction of sp³-hybridized carbons (Fsp3) is 0.143. The van der Waals surface area contributed by atoms with Crippen molar-refractivity contribution in [1.82, 2.24) is 0 Å². The SMILES string of the molecule is COc1c(F)cc(S(N)(=O)=O)cc1Br. The van der Waals surface area contributed by atoms with Gasteiger partial charge >= 0.3 is 0 Å². The van der Waals surface area contributed by atoms with Gasteiger partial charge in [0.05, 0.1) is 16.5 Å². The lowest BCUT2D eigenvalue weighted by molar-refractivity contribution is 0.382. The summed E-state index contributed by atoms with van der Waals surface area (Å²) < 4.78 is 39.8. The van der Waals surface area contributed by atoms with Gasteiger partial charge in [0.1, 0.15) is 0 Å². The Morgan fingerprint density at radius 3 is 2.43 bits per heavy atom. The zero-order chi connectivity index (χ0) is 10.9. The summed E-state index contributed by atoms with van der Waals surface area (Å²) in [5, 5.41) is 4.83. The molecule has 0 atom stereocenters. The Hall–Kier alpha value is -0.660. The molecule has 0 aliphatic heterocycles. The van der Waals surface area contributed by atoms with Crippen LogP contribution in [0.5, 0.6) is 5.75 Å². The molecular weight excluding hydrogens is 277 g/mol. The van der Waals surface area contributed by atoms with E-state index in [2.05, 4.69) is 20.7 Å². The molecule has 0 fully saturated rings. The van der Waals surface area contributed by atoms with Gasteiger partial charge in [-0.15, -0.1) is 0 Å². The minimum absolute atomic E-state index is 0.0580. The highest BCUT2D eigenvalue weighted by Crippen LogP contribution is 2.30. The Morgan fingerprint density at radius 1 is 1.50 bits per heavy atom. The maximum Gasteiger partial charge on any atom is 0.238 e. The molecule has 1 aromatic rings. The number of hydrogen-bond donors (Lipinski definition) is 1. The fourth-order valence-electron chi connectivity index (χ4n) is 0.896. The van der Waals surface area contributed by atoms with E-state index in [0.717, 1.165) is 6.07 Å². The Bertz CT molecular complexity index is 437. The number of sulfonamides is 1. The second kappa shape index (κ2) is 3.84. The molecule has 0 saturated heterocycles. The van der Waals surface area contributed by atoms with Crippen LogP contribution in [0.2, 0.25) is 0 Å². The Kier molecular flexibility index (Phi) is 3.13. The standard InChI is InChI=1S/C7H7BrFNO3S/c1-13-7-5(8)2-4(3-6(7)9)14(10,11)12/h2-3H,1H3,(H2,10,11,12). The van der Waals surface area contributed by atoms with Crippen LogP contribution in [-0.2, 0) is 10.0 Å². The summed E-state index contributed by atoms with van der Waals surface area (Å²) in [5.41, 5.74) is 0. The average molecular weight is 284 g/mol. The number of nitrogens with two attached hydrogens (primary N) is 1. The van der Waals surface area contributed by atoms with E-state index >= 15 is 0 Å². The van der Waals surface area contributed by atoms with Crippen LogP contribution < -0.4 is 9.88 Å². The molecule has 0 unspecified atom stereocenters. The van der Waals surface area contributed by atoms with Gasteiger partial charge in [0.2, 0.25) is 10.0 Å². The van der Waals surface area contributed by atoms with E-state index in [0.29, 0.717) is 0 Å². The molecule has 0 radical (unpaired) electrons. The van der Waals surface area contributed by atoms with Crippen molar-refractivity contribution in [3.05, 3.63) is 22.4 Å². The second-order valence-electron chi connectivity index (χ2n) is 2.47. The summed E-state index contributed by atoms with van der Waals surface area (Å²) in [7, 11) is -2.62. The highest BCUT2D eigenvalue weighted by Gasteiger charge is 2.15. The van der Waals surface area contributed by atoms with Crippen molar-refractivity contribution < 1.29 is 17.5 Å². The summed E-state index contributed by atoms with van der Waals surface area (Å²) in [5.74, 6) is -0.844. The molecule has 2 N–H and O–H groups in total. The van der Waals surface area contributed by atoms with E-state index in [9.17, 15) is 12.8 Å². The fourth-order valence-corrected chi connectivity index (χ4v) is 2.20. The molecule has 4 nitrogen and oxygen atoms in total. The van der Waals surface area contributed by atoms with Crippen molar-refractivity contribution in [3.63, 3.8) is 0 Å². The van der Waals surface area contributed by atoms with Gasteiger partial charge in [0.15, 0.2) is 11.6 Å². The molecule has 0 saturated carbocycles. The number of primary sulfonamides is 1. The van der Waals surface area contributed by atoms with Crippen LogP contribution in [0.1, 0.15) is 0 Å². The van der Waals surface area contributed by atoms with Crippen LogP contribution >= 0.6 is 15.9 Å². The van der Waals surface area contributed by atoms with Gasteiger partial charge in [-0.25, -0.2) is 17.9 Å². The first kappa shape index (κ1) is 11.4. The first-order valence-electron chi connectivity index (χ1n) is 3.42. The molecular formula is C7H7BrFNO3S. The van der Waals surface area contributed by atoms with E-state index in [1.54, 1.807) is 0 Å². The molecule has 0 bridgehead atoms. The minimum atomic E-state index is -3.90. The third kappa shape index (κ3) is 2.23. The number of rotatable bonds is 2. The van der Waals surface area contributed by atoms with Crippen LogP contribution in [0.3, 0.4) is 0 Å². The lowest BCUT2D eigenvalue weighted by Gasteiger charge is -2.06. The molecule has 14 heavy (non-hydrogen) atoms. The van der Waals surface area contributed by atoms with Crippen LogP contribution in [-0.4, -0.2) is 15.5 Å². The quantitative estimate of drug-likeness (QED) is 0.888. The molecule has 1 rings (SSSR count). The van der Waals surface area contributed by atoms with Gasteiger partial charge in [0, 0.05) is 0 Å². The van der Waals surface area contributed by atoms with E-state index in [4.69, 9.17) is 5.14 Å². The van der Waals surface area contributed by atoms with E-state index in [-0.39, 0.29) is 15.1 Å². The third-order valence-electron chi connectivity index (χ3n) is 1.50. The summed E-state index contributed by atoms with van der Waals surface area (Å²) in [4.78, 5) is -0.303. The first-order chi connectivity index (χ1) is 6.36. The predicted molar refractivity (Wildman–Crippen MR) is 52.0 cm³/mol. The van der Waals surface area contributed by atoms with Crippen LogP contribution in [0.25, 0.3) is 0 Å². The van der Waals surface area contributed by atoms with Crippen molar-refractivity contribution in [2.75, 3.05) is 7.11 Å². The van der Waals surface area contributed by atoms with Crippen molar-refractivity contribution >= 4 is 26.0 Å². The molecule has 0 spiro atoms. The van der Waals surface area contributed by atoms with E-state index in [1.165, 1.54) is 13.2 Å². The third-order valence-corrected chi connectivity index (χ3v) is 2.99. The number of methoxy groups -OCH3 is 1. The Morgan fingerprint density at radius 2 is 2.07 bits per heavy atom. The minimum Gasteiger partial charge on any atom is -0.492 e. The Labute approximate surface area is 89.0 Å². The summed E-state index contributed by atoms with van der Waals surface area (Å²) in [6, 6.07) is 1.98. The van der Waals surface area contributed by atoms with Gasteiger partial charge in [-0.1, -0.05) is 0 Å². The largest absolute Gasteiger partial charge is 0.492 e. The van der Waals surface area contributed by atoms with Crippen LogP contribution in [0.15, 0.2) is 21.5 Å². The molecule has 0 heterocycles. The Balaban J connectivity index is 3.43. The first-order valence-corrected chi connectivity index (χ1v) is 5.76. The maximum absolute atomic E-state index is 13.2. The van der Waals surface area contributed by atoms with Gasteiger partial charge < -0.3 is 4.74 Å². The number of benzene rings is 1. The van der Waals surface area contributed by atoms with Crippen molar-refractivity contribution in [3.8, 4) is 5.75 Å². The van der Waals surface area contributed by atoms with Gasteiger partial charge in [-0.05, 0) is 28.1 Å². The smallest absolute Gasteiger partial charge is 0.238 e. The van der Waals surface area contributed by atoms with Crippen molar-refractivity contribution in [2.24, 2.45) is 5.14 Å². The lowest BCUT2D eigenvalue weighted by Crippen LogP contribution is -2.12. The lowest BCUT2D eigenvalue weighted by atomic mass is 10.3. The second-order valence-corrected chi connectivity index (χ2v) is 4.88. The van der Waals surface area contributed by atoms with Crippen molar-refractivity contribution in [2.45, 2.75) is 4.90 Å². The normalized spacial score (nSPS) is 11.4. The topological polar surface area (TPSA) is 69.4 Å². The molecule has 0 aliphatic rings. The van der Waals surface area contributed by atoms with Crippen molar-refractivity contribution in [1.29, 1.82) is 0 Å². The van der Waals surface area contributed by atoms with Gasteiger partial charge in [0.25, 0.3) is 0 Å². The monoisotopic (exact) mass is 283 g/mol. The highest BCUT2D eigenvalue weighted by molar-refractivity contribution is 9.10. The zero-order valence-corrected chi connectivity index (χ0v) is 9.52. The van der Waals surface area contributed by atoms with E-state index in [1.807, 2.05) is 0 Å². The average Bonchev–Trinajstić information content (AvgIpc) is 2.01. The maximum atomic E-state index is 13.2. The molecule has 0 aliphatic carbocycles. The van der Waals surface area contributed by atoms with Gasteiger partial charge in [-0.3, -0.25) is 0 Å². The van der Waals surface area contributed by atoms with Crippen LogP contribution in [0, 0.1) is 5.82 Å². The molecule has 0 aromatic heterocycles. The van der Waals surface area contributed by atoms with Gasteiger partial charge in [-0.2, -0.15) is 0 Å². The zero-order valence-electron chi connectivity index (χ0n) is 7.12. The molecule has 0 amide bonds. The molecule has 78 valence electrons. The number of halogens is 2. The van der Waals surface area contributed by atoms with Crippen LogP contribution in [0.4, 0.5) is 4.39 Å². The highest BCUT2D eigenvalue weighted by atomic mass is 79.9. The molecule has 1 aromatic carbocycles. The number of hydrogen-bond acceptors (Lipinski definition) is 3.